The molecule has 4 nitrogen and oxygen atoms in total. The van der Waals surface area contributed by atoms with Gasteiger partial charge in [-0.3, -0.25) is 4.98 Å². The van der Waals surface area contributed by atoms with E-state index in [1.54, 1.807) is 12.4 Å². The van der Waals surface area contributed by atoms with E-state index in [9.17, 15) is 0 Å². The fourth-order valence-electron chi connectivity index (χ4n) is 2.11. The molecule has 3 rings (SSSR count). The monoisotopic (exact) mass is 377 g/mol. The lowest BCUT2D eigenvalue weighted by atomic mass is 10.0. The number of nitrogen functional groups attached to an aromatic ring is 1. The number of halogens is 1. The number of pyridine rings is 1. The van der Waals surface area contributed by atoms with E-state index in [1.807, 2.05) is 24.3 Å². The van der Waals surface area contributed by atoms with Gasteiger partial charge < -0.3 is 10.3 Å². The van der Waals surface area contributed by atoms with Crippen molar-refractivity contribution in [3.05, 3.63) is 51.9 Å². The maximum atomic E-state index is 5.95. The predicted molar refractivity (Wildman–Crippen MR) is 87.0 cm³/mol. The molecule has 0 unspecified atom stereocenters. The maximum Gasteiger partial charge on any atom is 0.230 e. The van der Waals surface area contributed by atoms with Crippen molar-refractivity contribution >= 4 is 28.5 Å². The van der Waals surface area contributed by atoms with Gasteiger partial charge in [-0.25, -0.2) is 0 Å². The highest BCUT2D eigenvalue weighted by Crippen LogP contribution is 2.38. The third-order valence-electron chi connectivity index (χ3n) is 3.13. The summed E-state index contributed by atoms with van der Waals surface area (Å²) in [6.07, 6.45) is 3.46. The van der Waals surface area contributed by atoms with E-state index in [-0.39, 0.29) is 0 Å². The van der Waals surface area contributed by atoms with Crippen LogP contribution in [-0.4, -0.2) is 10.1 Å². The van der Waals surface area contributed by atoms with Crippen molar-refractivity contribution in [2.75, 3.05) is 5.73 Å². The van der Waals surface area contributed by atoms with Crippen LogP contribution >= 0.6 is 22.6 Å². The van der Waals surface area contributed by atoms with Crippen molar-refractivity contribution in [2.24, 2.45) is 0 Å². The van der Waals surface area contributed by atoms with Crippen LogP contribution in [0.15, 0.2) is 47.2 Å². The van der Waals surface area contributed by atoms with Crippen LogP contribution in [0.3, 0.4) is 0 Å². The molecule has 2 aromatic heterocycles. The topological polar surface area (TPSA) is 64.9 Å². The minimum absolute atomic E-state index is 0.323. The maximum absolute atomic E-state index is 5.95. The Morgan fingerprint density at radius 3 is 2.65 bits per heavy atom. The van der Waals surface area contributed by atoms with E-state index in [1.165, 1.54) is 5.56 Å². The van der Waals surface area contributed by atoms with Crippen molar-refractivity contribution in [2.45, 2.75) is 6.92 Å². The fraction of sp³-hybridized carbons (Fsp3) is 0.0667. The smallest absolute Gasteiger partial charge is 0.230 e. The number of nitrogens with zero attached hydrogens (tertiary/aromatic N) is 2. The van der Waals surface area contributed by atoms with Gasteiger partial charge in [-0.15, -0.1) is 0 Å². The molecule has 0 saturated carbocycles. The molecule has 0 aliphatic carbocycles. The summed E-state index contributed by atoms with van der Waals surface area (Å²) in [5.74, 6) is 0.323. The largest absolute Gasteiger partial charge is 0.367 e. The number of nitrogens with two attached hydrogens (primary N) is 1. The van der Waals surface area contributed by atoms with Gasteiger partial charge in [0.1, 0.15) is 5.69 Å². The first-order valence-corrected chi connectivity index (χ1v) is 7.17. The Labute approximate surface area is 130 Å². The van der Waals surface area contributed by atoms with Crippen LogP contribution in [0.2, 0.25) is 0 Å². The van der Waals surface area contributed by atoms with Crippen LogP contribution in [0.5, 0.6) is 0 Å². The summed E-state index contributed by atoms with van der Waals surface area (Å²) in [5, 5.41) is 4.14. The van der Waals surface area contributed by atoms with Crippen LogP contribution in [0.1, 0.15) is 5.56 Å². The van der Waals surface area contributed by atoms with Gasteiger partial charge in [-0.2, -0.15) is 0 Å². The molecule has 0 fully saturated rings. The summed E-state index contributed by atoms with van der Waals surface area (Å²) in [7, 11) is 0. The van der Waals surface area contributed by atoms with Crippen molar-refractivity contribution in [3.63, 3.8) is 0 Å². The van der Waals surface area contributed by atoms with E-state index in [2.05, 4.69) is 45.7 Å². The van der Waals surface area contributed by atoms with Gasteiger partial charge in [0.25, 0.3) is 0 Å². The molecule has 2 heterocycles. The number of anilines is 1. The highest BCUT2D eigenvalue weighted by Gasteiger charge is 2.19. The average Bonchev–Trinajstić information content (AvgIpc) is 2.84. The van der Waals surface area contributed by atoms with Gasteiger partial charge in [0, 0.05) is 21.5 Å². The number of aryl methyl sites for hydroxylation is 1. The van der Waals surface area contributed by atoms with Crippen molar-refractivity contribution in [1.29, 1.82) is 0 Å². The van der Waals surface area contributed by atoms with Crippen molar-refractivity contribution in [3.8, 4) is 22.4 Å². The van der Waals surface area contributed by atoms with E-state index in [0.29, 0.717) is 5.88 Å². The van der Waals surface area contributed by atoms with Gasteiger partial charge in [0.2, 0.25) is 5.88 Å². The van der Waals surface area contributed by atoms with E-state index < -0.39 is 0 Å². The second-order valence-electron chi connectivity index (χ2n) is 4.44. The van der Waals surface area contributed by atoms with Crippen LogP contribution in [-0.2, 0) is 0 Å². The molecule has 0 spiro atoms. The summed E-state index contributed by atoms with van der Waals surface area (Å²) in [6.45, 7) is 2.07. The van der Waals surface area contributed by atoms with E-state index >= 15 is 0 Å². The molecule has 1 aromatic carbocycles. The highest BCUT2D eigenvalue weighted by molar-refractivity contribution is 14.1. The molecule has 2 N–H and O–H groups in total. The number of aromatic nitrogens is 2. The van der Waals surface area contributed by atoms with Gasteiger partial charge in [-0.05, 0) is 52.8 Å². The molecule has 0 aliphatic heterocycles. The first kappa shape index (κ1) is 13.1. The summed E-state index contributed by atoms with van der Waals surface area (Å²) in [5.41, 5.74) is 10.7. The Morgan fingerprint density at radius 1 is 1.15 bits per heavy atom. The first-order chi connectivity index (χ1) is 9.68. The molecule has 0 atom stereocenters. The van der Waals surface area contributed by atoms with Crippen LogP contribution in [0, 0.1) is 10.5 Å². The highest BCUT2D eigenvalue weighted by atomic mass is 127. The molecule has 0 amide bonds. The Bertz CT molecular complexity index is 753. The summed E-state index contributed by atoms with van der Waals surface area (Å²) < 4.78 is 6.35. The number of hydrogen-bond acceptors (Lipinski definition) is 4. The second kappa shape index (κ2) is 5.24. The van der Waals surface area contributed by atoms with Gasteiger partial charge >= 0.3 is 0 Å². The molecule has 5 heteroatoms. The van der Waals surface area contributed by atoms with Gasteiger partial charge in [-0.1, -0.05) is 23.4 Å². The molecule has 20 heavy (non-hydrogen) atoms. The molecule has 0 bridgehead atoms. The zero-order chi connectivity index (χ0) is 14.1. The Kier molecular flexibility index (Phi) is 3.43. The van der Waals surface area contributed by atoms with Gasteiger partial charge in [0.15, 0.2) is 0 Å². The normalized spacial score (nSPS) is 10.7. The number of hydrogen-bond donors (Lipinski definition) is 1. The molecule has 0 saturated heterocycles. The number of benzene rings is 1. The third kappa shape index (κ3) is 2.18. The van der Waals surface area contributed by atoms with Gasteiger partial charge in [0.05, 0.1) is 5.56 Å². The molecular weight excluding hydrogens is 365 g/mol. The molecule has 3 aromatic rings. The summed E-state index contributed by atoms with van der Waals surface area (Å²) >= 11 is 2.32. The minimum atomic E-state index is 0.323. The lowest BCUT2D eigenvalue weighted by molar-refractivity contribution is 0.439. The molecule has 0 radical (unpaired) electrons. The predicted octanol–water partition coefficient (Wildman–Crippen LogP) is 3.90. The number of rotatable bonds is 2. The van der Waals surface area contributed by atoms with Crippen LogP contribution in [0.4, 0.5) is 5.88 Å². The second-order valence-corrected chi connectivity index (χ2v) is 5.52. The summed E-state index contributed by atoms with van der Waals surface area (Å²) in [6, 6.07) is 9.90. The Hall–Kier alpha value is -1.89. The van der Waals surface area contributed by atoms with E-state index in [4.69, 9.17) is 10.3 Å². The van der Waals surface area contributed by atoms with Crippen LogP contribution in [0.25, 0.3) is 22.4 Å². The lowest BCUT2D eigenvalue weighted by Gasteiger charge is -2.06. The average molecular weight is 377 g/mol. The minimum Gasteiger partial charge on any atom is -0.367 e. The molecule has 100 valence electrons. The standard InChI is InChI=1S/C15H12IN3O/c1-9-3-2-4-11(13(9)16)14-12(15(17)20-19-14)10-5-7-18-8-6-10/h2-8H,17H2,1H3. The van der Waals surface area contributed by atoms with E-state index in [0.717, 1.165) is 26.0 Å². The summed E-state index contributed by atoms with van der Waals surface area (Å²) in [4.78, 5) is 4.03. The first-order valence-electron chi connectivity index (χ1n) is 6.09. The molecular formula is C15H12IN3O. The quantitative estimate of drug-likeness (QED) is 0.688. The van der Waals surface area contributed by atoms with Crippen LogP contribution < -0.4 is 5.73 Å². The fourth-order valence-corrected chi connectivity index (χ4v) is 2.73. The Balaban J connectivity index is 2.24. The zero-order valence-electron chi connectivity index (χ0n) is 10.8. The third-order valence-corrected chi connectivity index (χ3v) is 4.57. The Morgan fingerprint density at radius 2 is 1.90 bits per heavy atom. The molecule has 0 aliphatic rings. The van der Waals surface area contributed by atoms with Crippen molar-refractivity contribution < 1.29 is 4.52 Å². The van der Waals surface area contributed by atoms with Crippen molar-refractivity contribution in [1.82, 2.24) is 10.1 Å². The lowest BCUT2D eigenvalue weighted by Crippen LogP contribution is -1.91. The SMILES string of the molecule is Cc1cccc(-c2noc(N)c2-c2ccncc2)c1I. The zero-order valence-corrected chi connectivity index (χ0v) is 13.0.